The first kappa shape index (κ1) is 9.05. The molecular weight excluding hydrogens is 144 g/mol. The number of aryl methyl sites for hydroxylation is 1. The van der Waals surface area contributed by atoms with E-state index in [2.05, 4.69) is 37.3 Å². The van der Waals surface area contributed by atoms with E-state index >= 15 is 0 Å². The van der Waals surface area contributed by atoms with Gasteiger partial charge in [0.25, 0.3) is 0 Å². The van der Waals surface area contributed by atoms with Crippen LogP contribution in [-0.2, 0) is 6.42 Å². The van der Waals surface area contributed by atoms with E-state index < -0.39 is 0 Å². The summed E-state index contributed by atoms with van der Waals surface area (Å²) in [5.74, 6) is 0. The summed E-state index contributed by atoms with van der Waals surface area (Å²) >= 11 is 0. The van der Waals surface area contributed by atoms with Crippen LogP contribution < -0.4 is 0 Å². The van der Waals surface area contributed by atoms with Gasteiger partial charge in [-0.2, -0.15) is 0 Å². The molecule has 0 amide bonds. The van der Waals surface area contributed by atoms with Crippen LogP contribution in [0.3, 0.4) is 0 Å². The van der Waals surface area contributed by atoms with Crippen molar-refractivity contribution in [3.05, 3.63) is 48.0 Å². The van der Waals surface area contributed by atoms with Gasteiger partial charge >= 0.3 is 0 Å². The number of hydrogen-bond donors (Lipinski definition) is 0. The van der Waals surface area contributed by atoms with Gasteiger partial charge in [-0.05, 0) is 37.8 Å². The Bertz CT molecular complexity index is 221. The maximum absolute atomic E-state index is 3.02. The SMILES string of the molecule is CC=CCCCc1cc[c]cc1. The van der Waals surface area contributed by atoms with Crippen LogP contribution >= 0.6 is 0 Å². The first-order valence-electron chi connectivity index (χ1n) is 4.49. The molecule has 0 saturated carbocycles. The Morgan fingerprint density at radius 1 is 1.33 bits per heavy atom. The van der Waals surface area contributed by atoms with Crippen LogP contribution in [0.15, 0.2) is 36.4 Å². The molecule has 12 heavy (non-hydrogen) atoms. The largest absolute Gasteiger partial charge is 0.0917 e. The summed E-state index contributed by atoms with van der Waals surface area (Å²) in [6, 6.07) is 11.2. The minimum atomic E-state index is 1.18. The lowest BCUT2D eigenvalue weighted by atomic mass is 10.1. The molecule has 0 heteroatoms. The van der Waals surface area contributed by atoms with Gasteiger partial charge in [-0.1, -0.05) is 36.4 Å². The molecule has 63 valence electrons. The van der Waals surface area contributed by atoms with Crippen molar-refractivity contribution in [1.29, 1.82) is 0 Å². The minimum Gasteiger partial charge on any atom is -0.0917 e. The third kappa shape index (κ3) is 3.38. The van der Waals surface area contributed by atoms with Crippen LogP contribution in [-0.4, -0.2) is 0 Å². The van der Waals surface area contributed by atoms with E-state index in [1.807, 2.05) is 12.1 Å². The summed E-state index contributed by atoms with van der Waals surface area (Å²) in [5.41, 5.74) is 1.42. The summed E-state index contributed by atoms with van der Waals surface area (Å²) in [7, 11) is 0. The van der Waals surface area contributed by atoms with E-state index in [1.54, 1.807) is 0 Å². The summed E-state index contributed by atoms with van der Waals surface area (Å²) < 4.78 is 0. The second kappa shape index (κ2) is 5.59. The summed E-state index contributed by atoms with van der Waals surface area (Å²) in [6.07, 6.45) is 7.94. The highest BCUT2D eigenvalue weighted by Gasteiger charge is 1.88. The molecule has 0 aromatic heterocycles. The zero-order valence-corrected chi connectivity index (χ0v) is 7.59. The Balaban J connectivity index is 2.24. The van der Waals surface area contributed by atoms with Crippen LogP contribution in [0.5, 0.6) is 0 Å². The maximum Gasteiger partial charge on any atom is -0.0184 e. The molecule has 1 rings (SSSR count). The standard InChI is InChI=1S/C12H15/c1-2-3-4-6-9-12-10-7-5-8-11-12/h2-3,7-8,10-11H,4,6,9H2,1H3. The van der Waals surface area contributed by atoms with Crippen LogP contribution in [0.4, 0.5) is 0 Å². The van der Waals surface area contributed by atoms with Crippen LogP contribution in [0, 0.1) is 6.07 Å². The molecule has 1 radical (unpaired) electrons. The van der Waals surface area contributed by atoms with Crippen molar-refractivity contribution >= 4 is 0 Å². The van der Waals surface area contributed by atoms with Crippen molar-refractivity contribution in [2.75, 3.05) is 0 Å². The van der Waals surface area contributed by atoms with Crippen molar-refractivity contribution in [3.8, 4) is 0 Å². The van der Waals surface area contributed by atoms with Crippen molar-refractivity contribution in [3.63, 3.8) is 0 Å². The summed E-state index contributed by atoms with van der Waals surface area (Å²) in [6.45, 7) is 2.07. The normalized spacial score (nSPS) is 10.8. The van der Waals surface area contributed by atoms with Gasteiger partial charge < -0.3 is 0 Å². The Labute approximate surface area is 74.9 Å². The zero-order valence-electron chi connectivity index (χ0n) is 7.59. The minimum absolute atomic E-state index is 1.18. The average Bonchev–Trinajstić information content (AvgIpc) is 2.14. The molecular formula is C12H15. The summed E-state index contributed by atoms with van der Waals surface area (Å²) in [4.78, 5) is 0. The molecule has 0 fully saturated rings. The highest BCUT2D eigenvalue weighted by atomic mass is 13.9. The summed E-state index contributed by atoms with van der Waals surface area (Å²) in [5, 5.41) is 0. The molecule has 1 aromatic carbocycles. The van der Waals surface area contributed by atoms with Crippen LogP contribution in [0.25, 0.3) is 0 Å². The number of rotatable bonds is 4. The van der Waals surface area contributed by atoms with Crippen molar-refractivity contribution in [2.45, 2.75) is 26.2 Å². The predicted octanol–water partition coefficient (Wildman–Crippen LogP) is 3.39. The lowest BCUT2D eigenvalue weighted by Gasteiger charge is -1.97. The van der Waals surface area contributed by atoms with Crippen LogP contribution in [0.2, 0.25) is 0 Å². The predicted molar refractivity (Wildman–Crippen MR) is 53.0 cm³/mol. The molecule has 1 aromatic rings. The monoisotopic (exact) mass is 159 g/mol. The van der Waals surface area contributed by atoms with Gasteiger partial charge in [0.2, 0.25) is 0 Å². The van der Waals surface area contributed by atoms with Gasteiger partial charge in [-0.15, -0.1) is 0 Å². The number of unbranched alkanes of at least 4 members (excludes halogenated alkanes) is 1. The molecule has 0 atom stereocenters. The molecule has 0 heterocycles. The van der Waals surface area contributed by atoms with Crippen molar-refractivity contribution in [2.24, 2.45) is 0 Å². The molecule has 0 spiro atoms. The Hall–Kier alpha value is -1.04. The van der Waals surface area contributed by atoms with Gasteiger partial charge in [0.1, 0.15) is 0 Å². The lowest BCUT2D eigenvalue weighted by Crippen LogP contribution is -1.82. The second-order valence-corrected chi connectivity index (χ2v) is 2.87. The van der Waals surface area contributed by atoms with Crippen molar-refractivity contribution in [1.82, 2.24) is 0 Å². The lowest BCUT2D eigenvalue weighted by molar-refractivity contribution is 0.842. The van der Waals surface area contributed by atoms with E-state index in [9.17, 15) is 0 Å². The fraction of sp³-hybridized carbons (Fsp3) is 0.333. The molecule has 0 unspecified atom stereocenters. The highest BCUT2D eigenvalue weighted by Crippen LogP contribution is 2.04. The third-order valence-electron chi connectivity index (χ3n) is 1.86. The highest BCUT2D eigenvalue weighted by molar-refractivity contribution is 5.13. The van der Waals surface area contributed by atoms with E-state index in [-0.39, 0.29) is 0 Å². The fourth-order valence-corrected chi connectivity index (χ4v) is 1.18. The Morgan fingerprint density at radius 2 is 2.08 bits per heavy atom. The van der Waals surface area contributed by atoms with Gasteiger partial charge in [0.15, 0.2) is 0 Å². The number of allylic oxidation sites excluding steroid dienone is 2. The Kier molecular flexibility index (Phi) is 4.22. The maximum atomic E-state index is 3.02. The fourth-order valence-electron chi connectivity index (χ4n) is 1.18. The topological polar surface area (TPSA) is 0 Å². The van der Waals surface area contributed by atoms with E-state index in [1.165, 1.54) is 24.8 Å². The van der Waals surface area contributed by atoms with Gasteiger partial charge in [-0.3, -0.25) is 0 Å². The number of hydrogen-bond acceptors (Lipinski definition) is 0. The smallest absolute Gasteiger partial charge is 0.0184 e. The first-order valence-corrected chi connectivity index (χ1v) is 4.49. The molecule has 0 aliphatic rings. The van der Waals surface area contributed by atoms with Crippen molar-refractivity contribution < 1.29 is 0 Å². The molecule has 0 N–H and O–H groups in total. The zero-order chi connectivity index (χ0) is 8.65. The molecule has 0 nitrogen and oxygen atoms in total. The quantitative estimate of drug-likeness (QED) is 0.466. The van der Waals surface area contributed by atoms with E-state index in [0.717, 1.165) is 0 Å². The molecule has 0 aliphatic carbocycles. The molecule has 0 aliphatic heterocycles. The van der Waals surface area contributed by atoms with E-state index in [0.29, 0.717) is 0 Å². The molecule has 0 saturated heterocycles. The van der Waals surface area contributed by atoms with E-state index in [4.69, 9.17) is 0 Å². The second-order valence-electron chi connectivity index (χ2n) is 2.87. The first-order chi connectivity index (χ1) is 5.93. The van der Waals surface area contributed by atoms with Crippen LogP contribution in [0.1, 0.15) is 25.3 Å². The van der Waals surface area contributed by atoms with Gasteiger partial charge in [0, 0.05) is 0 Å². The van der Waals surface area contributed by atoms with Gasteiger partial charge in [0.05, 0.1) is 0 Å². The molecule has 0 bridgehead atoms. The van der Waals surface area contributed by atoms with Gasteiger partial charge in [-0.25, -0.2) is 0 Å². The average molecular weight is 159 g/mol. The number of benzene rings is 1. The Morgan fingerprint density at radius 3 is 2.75 bits per heavy atom. The third-order valence-corrected chi connectivity index (χ3v) is 1.86.